The van der Waals surface area contributed by atoms with E-state index in [0.29, 0.717) is 36.8 Å². The van der Waals surface area contributed by atoms with E-state index in [1.54, 1.807) is 6.33 Å². The van der Waals surface area contributed by atoms with E-state index in [1.807, 2.05) is 42.5 Å². The first-order chi connectivity index (χ1) is 12.2. The Bertz CT molecular complexity index is 916. The molecule has 3 aromatic rings. The molecule has 1 aliphatic rings. The summed E-state index contributed by atoms with van der Waals surface area (Å²) in [5.41, 5.74) is 2.48. The van der Waals surface area contributed by atoms with Crippen LogP contribution < -0.4 is 5.32 Å². The Kier molecular flexibility index (Phi) is 4.19. The smallest absolute Gasteiger partial charge is 0.235 e. The highest BCUT2D eigenvalue weighted by Crippen LogP contribution is 2.40. The molecule has 0 aliphatic carbocycles. The van der Waals surface area contributed by atoms with Gasteiger partial charge in [-0.15, -0.1) is 0 Å². The monoisotopic (exact) mass is 355 g/mol. The Balaban J connectivity index is 1.74. The SMILES string of the molecule is O=C(Nc1cccc2[nH]cnc12)C1(c2ccccc2Cl)CCOCC1. The third-order valence-corrected chi connectivity index (χ3v) is 5.20. The summed E-state index contributed by atoms with van der Waals surface area (Å²) < 4.78 is 5.50. The molecule has 25 heavy (non-hydrogen) atoms. The number of amides is 1. The molecule has 1 amide bonds. The van der Waals surface area contributed by atoms with Gasteiger partial charge in [-0.05, 0) is 36.6 Å². The van der Waals surface area contributed by atoms with Crippen molar-refractivity contribution in [1.82, 2.24) is 9.97 Å². The fraction of sp³-hybridized carbons (Fsp3) is 0.263. The number of para-hydroxylation sites is 1. The van der Waals surface area contributed by atoms with Crippen molar-refractivity contribution >= 4 is 34.2 Å². The summed E-state index contributed by atoms with van der Waals surface area (Å²) in [6, 6.07) is 13.2. The maximum absolute atomic E-state index is 13.3. The zero-order valence-electron chi connectivity index (χ0n) is 13.6. The van der Waals surface area contributed by atoms with E-state index >= 15 is 0 Å². The molecule has 4 rings (SSSR count). The molecule has 0 bridgehead atoms. The van der Waals surface area contributed by atoms with E-state index in [1.165, 1.54) is 0 Å². The van der Waals surface area contributed by atoms with E-state index in [2.05, 4.69) is 15.3 Å². The molecule has 0 unspecified atom stereocenters. The minimum atomic E-state index is -0.699. The second-order valence-corrected chi connectivity index (χ2v) is 6.64. The number of rotatable bonds is 3. The second kappa shape index (κ2) is 6.50. The molecular weight excluding hydrogens is 338 g/mol. The van der Waals surface area contributed by atoms with Gasteiger partial charge >= 0.3 is 0 Å². The van der Waals surface area contributed by atoms with Crippen LogP contribution in [0.1, 0.15) is 18.4 Å². The molecule has 128 valence electrons. The lowest BCUT2D eigenvalue weighted by Gasteiger charge is -2.36. The van der Waals surface area contributed by atoms with E-state index in [4.69, 9.17) is 16.3 Å². The number of H-pyrrole nitrogens is 1. The maximum Gasteiger partial charge on any atom is 0.235 e. The van der Waals surface area contributed by atoms with Crippen LogP contribution in [0.3, 0.4) is 0 Å². The van der Waals surface area contributed by atoms with Gasteiger partial charge in [-0.1, -0.05) is 35.9 Å². The lowest BCUT2D eigenvalue weighted by atomic mass is 9.73. The quantitative estimate of drug-likeness (QED) is 0.748. The van der Waals surface area contributed by atoms with Gasteiger partial charge in [-0.2, -0.15) is 0 Å². The Morgan fingerprint density at radius 2 is 1.96 bits per heavy atom. The van der Waals surface area contributed by atoms with Crippen LogP contribution in [0.2, 0.25) is 5.02 Å². The van der Waals surface area contributed by atoms with E-state index in [0.717, 1.165) is 16.6 Å². The second-order valence-electron chi connectivity index (χ2n) is 6.23. The number of anilines is 1. The summed E-state index contributed by atoms with van der Waals surface area (Å²) in [7, 11) is 0. The predicted molar refractivity (Wildman–Crippen MR) is 97.9 cm³/mol. The van der Waals surface area contributed by atoms with Gasteiger partial charge in [0.25, 0.3) is 0 Å². The van der Waals surface area contributed by atoms with Gasteiger partial charge in [0.15, 0.2) is 0 Å². The molecule has 2 heterocycles. The third-order valence-electron chi connectivity index (χ3n) is 4.87. The van der Waals surface area contributed by atoms with Crippen LogP contribution in [0.15, 0.2) is 48.8 Å². The van der Waals surface area contributed by atoms with Crippen LogP contribution in [0, 0.1) is 0 Å². The average Bonchev–Trinajstić information content (AvgIpc) is 3.12. The molecule has 1 fully saturated rings. The molecule has 0 spiro atoms. The Morgan fingerprint density at radius 1 is 1.16 bits per heavy atom. The number of hydrogen-bond acceptors (Lipinski definition) is 3. The highest BCUT2D eigenvalue weighted by Gasteiger charge is 2.43. The Labute approximate surface area is 150 Å². The number of aromatic nitrogens is 2. The van der Waals surface area contributed by atoms with Crippen molar-refractivity contribution in [1.29, 1.82) is 0 Å². The van der Waals surface area contributed by atoms with Crippen LogP contribution in [0.25, 0.3) is 11.0 Å². The molecule has 1 saturated heterocycles. The molecule has 0 atom stereocenters. The van der Waals surface area contributed by atoms with Crippen molar-refractivity contribution in [2.75, 3.05) is 18.5 Å². The standard InChI is InChI=1S/C19H18ClN3O2/c20-14-5-2-1-4-13(14)19(8-10-25-11-9-19)18(24)23-16-7-3-6-15-17(16)22-12-21-15/h1-7,12H,8-11H2,(H,21,22)(H,23,24). The highest BCUT2D eigenvalue weighted by atomic mass is 35.5. The van der Waals surface area contributed by atoms with Gasteiger partial charge in [-0.25, -0.2) is 4.98 Å². The zero-order valence-corrected chi connectivity index (χ0v) is 14.3. The van der Waals surface area contributed by atoms with E-state index < -0.39 is 5.41 Å². The molecule has 0 radical (unpaired) electrons. The fourth-order valence-corrected chi connectivity index (χ4v) is 3.81. The van der Waals surface area contributed by atoms with E-state index in [-0.39, 0.29) is 5.91 Å². The van der Waals surface area contributed by atoms with Crippen LogP contribution in [0.4, 0.5) is 5.69 Å². The molecule has 2 N–H and O–H groups in total. The topological polar surface area (TPSA) is 67.0 Å². The van der Waals surface area contributed by atoms with Crippen molar-refractivity contribution in [3.8, 4) is 0 Å². The lowest BCUT2D eigenvalue weighted by Crippen LogP contribution is -2.45. The van der Waals surface area contributed by atoms with Gasteiger partial charge in [-0.3, -0.25) is 4.79 Å². The van der Waals surface area contributed by atoms with Crippen LogP contribution >= 0.6 is 11.6 Å². The summed E-state index contributed by atoms with van der Waals surface area (Å²) in [5, 5.41) is 3.68. The molecule has 1 aromatic heterocycles. The molecule has 0 saturated carbocycles. The minimum absolute atomic E-state index is 0.0700. The van der Waals surface area contributed by atoms with Gasteiger partial charge in [0.1, 0.15) is 5.52 Å². The maximum atomic E-state index is 13.3. The predicted octanol–water partition coefficient (Wildman–Crippen LogP) is 3.90. The van der Waals surface area contributed by atoms with E-state index in [9.17, 15) is 4.79 Å². The van der Waals surface area contributed by atoms with Crippen LogP contribution in [-0.2, 0) is 14.9 Å². The molecule has 6 heteroatoms. The summed E-state index contributed by atoms with van der Waals surface area (Å²) in [4.78, 5) is 20.7. The number of aromatic amines is 1. The fourth-order valence-electron chi connectivity index (χ4n) is 3.50. The summed E-state index contributed by atoms with van der Waals surface area (Å²) in [6.45, 7) is 1.07. The number of carbonyl (C=O) groups is 1. The first kappa shape index (κ1) is 16.1. The summed E-state index contributed by atoms with van der Waals surface area (Å²) >= 11 is 6.43. The number of halogens is 1. The Morgan fingerprint density at radius 3 is 2.76 bits per heavy atom. The van der Waals surface area contributed by atoms with Crippen molar-refractivity contribution in [3.63, 3.8) is 0 Å². The molecule has 1 aliphatic heterocycles. The average molecular weight is 356 g/mol. The number of fused-ring (bicyclic) bond motifs is 1. The highest BCUT2D eigenvalue weighted by molar-refractivity contribution is 6.32. The number of benzene rings is 2. The first-order valence-electron chi connectivity index (χ1n) is 8.27. The zero-order chi connectivity index (χ0) is 17.3. The van der Waals surface area contributed by atoms with Crippen molar-refractivity contribution in [2.45, 2.75) is 18.3 Å². The van der Waals surface area contributed by atoms with Gasteiger partial charge in [0.2, 0.25) is 5.91 Å². The summed E-state index contributed by atoms with van der Waals surface area (Å²) in [5.74, 6) is -0.0700. The minimum Gasteiger partial charge on any atom is -0.381 e. The van der Waals surface area contributed by atoms with Gasteiger partial charge < -0.3 is 15.0 Å². The van der Waals surface area contributed by atoms with Crippen LogP contribution in [0.5, 0.6) is 0 Å². The van der Waals surface area contributed by atoms with Crippen LogP contribution in [-0.4, -0.2) is 29.1 Å². The normalized spacial score (nSPS) is 16.7. The number of carbonyl (C=O) groups excluding carboxylic acids is 1. The van der Waals surface area contributed by atoms with Gasteiger partial charge in [0, 0.05) is 18.2 Å². The number of ether oxygens (including phenoxy) is 1. The number of hydrogen-bond donors (Lipinski definition) is 2. The molecular formula is C19H18ClN3O2. The summed E-state index contributed by atoms with van der Waals surface area (Å²) in [6.07, 6.45) is 2.82. The first-order valence-corrected chi connectivity index (χ1v) is 8.65. The number of nitrogens with zero attached hydrogens (tertiary/aromatic N) is 1. The third kappa shape index (κ3) is 2.79. The van der Waals surface area contributed by atoms with Gasteiger partial charge in [0.05, 0.1) is 22.9 Å². The van der Waals surface area contributed by atoms with Crippen molar-refractivity contribution < 1.29 is 9.53 Å². The largest absolute Gasteiger partial charge is 0.381 e. The van der Waals surface area contributed by atoms with Crippen molar-refractivity contribution in [2.24, 2.45) is 0 Å². The number of nitrogens with one attached hydrogen (secondary N) is 2. The molecule has 2 aromatic carbocycles. The lowest BCUT2D eigenvalue weighted by molar-refractivity contribution is -0.125. The Hall–Kier alpha value is -2.37. The molecule has 5 nitrogen and oxygen atoms in total. The number of imidazole rings is 1. The van der Waals surface area contributed by atoms with Crippen molar-refractivity contribution in [3.05, 3.63) is 59.4 Å².